The molecule has 182 valence electrons. The Morgan fingerprint density at radius 1 is 1.03 bits per heavy atom. The van der Waals surface area contributed by atoms with E-state index in [1.165, 1.54) is 0 Å². The molecule has 8 nitrogen and oxygen atoms in total. The van der Waals surface area contributed by atoms with E-state index in [9.17, 15) is 9.59 Å². The number of carbonyl (C=O) groups is 2. The minimum absolute atomic E-state index is 0.0239. The second-order valence-corrected chi connectivity index (χ2v) is 9.82. The molecular weight excluding hydrogens is 428 g/mol. The van der Waals surface area contributed by atoms with Gasteiger partial charge in [0.05, 0.1) is 0 Å². The Morgan fingerprint density at radius 3 is 2.44 bits per heavy atom. The van der Waals surface area contributed by atoms with Gasteiger partial charge in [0.1, 0.15) is 5.82 Å². The molecule has 34 heavy (non-hydrogen) atoms. The van der Waals surface area contributed by atoms with Crippen LogP contribution in [0.25, 0.3) is 0 Å². The van der Waals surface area contributed by atoms with Crippen molar-refractivity contribution in [1.29, 1.82) is 0 Å². The van der Waals surface area contributed by atoms with Gasteiger partial charge in [-0.3, -0.25) is 9.59 Å². The quantitative estimate of drug-likeness (QED) is 0.548. The summed E-state index contributed by atoms with van der Waals surface area (Å²) in [6.07, 6.45) is 8.45. The van der Waals surface area contributed by atoms with Crippen molar-refractivity contribution in [3.8, 4) is 0 Å². The number of benzene rings is 1. The summed E-state index contributed by atoms with van der Waals surface area (Å²) in [4.78, 5) is 36.0. The number of hydrogen-bond acceptors (Lipinski definition) is 6. The van der Waals surface area contributed by atoms with Crippen LogP contribution < -0.4 is 20.9 Å². The Kier molecular flexibility index (Phi) is 7.65. The topological polar surface area (TPSA) is 99.2 Å². The van der Waals surface area contributed by atoms with Gasteiger partial charge in [0.2, 0.25) is 17.8 Å². The van der Waals surface area contributed by atoms with E-state index in [0.717, 1.165) is 67.6 Å². The summed E-state index contributed by atoms with van der Waals surface area (Å²) in [7, 11) is 3.95. The Labute approximate surface area is 201 Å². The lowest BCUT2D eigenvalue weighted by molar-refractivity contribution is -0.126. The van der Waals surface area contributed by atoms with Crippen LogP contribution in [-0.4, -0.2) is 41.9 Å². The van der Waals surface area contributed by atoms with E-state index in [2.05, 4.69) is 25.9 Å². The summed E-state index contributed by atoms with van der Waals surface area (Å²) >= 11 is 0. The van der Waals surface area contributed by atoms with Crippen LogP contribution in [0.2, 0.25) is 0 Å². The molecule has 1 aromatic carbocycles. The normalized spacial score (nSPS) is 20.2. The molecule has 2 amide bonds. The van der Waals surface area contributed by atoms with Gasteiger partial charge in [-0.25, -0.2) is 4.98 Å². The van der Waals surface area contributed by atoms with Crippen LogP contribution in [0.1, 0.15) is 56.1 Å². The van der Waals surface area contributed by atoms with Crippen LogP contribution >= 0.6 is 0 Å². The largest absolute Gasteiger partial charge is 0.362 e. The fourth-order valence-corrected chi connectivity index (χ4v) is 4.65. The van der Waals surface area contributed by atoms with Crippen LogP contribution in [-0.2, 0) is 16.1 Å². The average molecular weight is 465 g/mol. The van der Waals surface area contributed by atoms with Crippen LogP contribution in [0.3, 0.4) is 0 Å². The van der Waals surface area contributed by atoms with E-state index in [0.29, 0.717) is 12.5 Å². The number of hydrogen-bond donors (Lipinski definition) is 3. The highest BCUT2D eigenvalue weighted by molar-refractivity contribution is 5.93. The zero-order valence-corrected chi connectivity index (χ0v) is 20.4. The number of nitrogens with one attached hydrogen (secondary N) is 3. The molecule has 3 N–H and O–H groups in total. The molecular formula is C26H36N6O2. The second kappa shape index (κ2) is 10.8. The molecule has 1 heterocycles. The van der Waals surface area contributed by atoms with Gasteiger partial charge in [-0.2, -0.15) is 4.98 Å². The van der Waals surface area contributed by atoms with E-state index in [4.69, 9.17) is 0 Å². The summed E-state index contributed by atoms with van der Waals surface area (Å²) in [6.45, 7) is 2.47. The van der Waals surface area contributed by atoms with E-state index in [-0.39, 0.29) is 29.7 Å². The van der Waals surface area contributed by atoms with Crippen molar-refractivity contribution in [2.75, 3.05) is 29.6 Å². The molecule has 0 radical (unpaired) electrons. The third kappa shape index (κ3) is 6.04. The van der Waals surface area contributed by atoms with Gasteiger partial charge in [0, 0.05) is 56.0 Å². The molecule has 1 aromatic heterocycles. The number of aryl methyl sites for hydroxylation is 1. The number of nitrogens with zero attached hydrogens (tertiary/aromatic N) is 3. The second-order valence-electron chi connectivity index (χ2n) is 9.82. The van der Waals surface area contributed by atoms with Gasteiger partial charge < -0.3 is 20.9 Å². The third-order valence-corrected chi connectivity index (χ3v) is 6.94. The molecule has 2 aromatic rings. The van der Waals surface area contributed by atoms with Crippen molar-refractivity contribution in [1.82, 2.24) is 15.3 Å². The maximum Gasteiger partial charge on any atom is 0.227 e. The minimum Gasteiger partial charge on any atom is -0.362 e. The van der Waals surface area contributed by atoms with Crippen LogP contribution in [0.5, 0.6) is 0 Å². The zero-order chi connectivity index (χ0) is 24.1. The Hall–Kier alpha value is -3.16. The van der Waals surface area contributed by atoms with E-state index < -0.39 is 0 Å². The summed E-state index contributed by atoms with van der Waals surface area (Å²) in [5.74, 6) is 1.94. The highest BCUT2D eigenvalue weighted by atomic mass is 16.2. The molecule has 0 spiro atoms. The smallest absolute Gasteiger partial charge is 0.227 e. The van der Waals surface area contributed by atoms with E-state index in [1.54, 1.807) is 0 Å². The first-order valence-corrected chi connectivity index (χ1v) is 12.3. The molecule has 0 saturated heterocycles. The fourth-order valence-electron chi connectivity index (χ4n) is 4.65. The number of aromatic nitrogens is 2. The first kappa shape index (κ1) is 24.0. The molecule has 4 rings (SSSR count). The molecule has 2 aliphatic rings. The maximum atomic E-state index is 12.8. The van der Waals surface area contributed by atoms with Crippen molar-refractivity contribution < 1.29 is 9.59 Å². The first-order chi connectivity index (χ1) is 16.4. The third-order valence-electron chi connectivity index (χ3n) is 6.94. The molecule has 2 saturated carbocycles. The first-order valence-electron chi connectivity index (χ1n) is 12.3. The standard InChI is InChI=1S/C26H36N6O2/c1-17-15-28-26(31-23(17)32(2)3)30-21-12-10-20(11-13-21)24(33)27-16-18-6-4-9-22(14-18)29-25(34)19-7-5-8-19/h4,6,9,14-15,19-21H,5,7-8,10-13,16H2,1-3H3,(H,27,33)(H,29,34)(H,28,30,31)/t20-,21+. The van der Waals surface area contributed by atoms with Crippen molar-refractivity contribution >= 4 is 29.3 Å². The number of amides is 2. The van der Waals surface area contributed by atoms with Gasteiger partial charge in [-0.15, -0.1) is 0 Å². The number of rotatable bonds is 8. The maximum absolute atomic E-state index is 12.8. The lowest BCUT2D eigenvalue weighted by atomic mass is 9.85. The highest BCUT2D eigenvalue weighted by Crippen LogP contribution is 2.28. The SMILES string of the molecule is Cc1cnc(N[C@H]2CC[C@@H](C(=O)NCc3cccc(NC(=O)C4CCC4)c3)CC2)nc1N(C)C. The summed E-state index contributed by atoms with van der Waals surface area (Å²) in [5, 5.41) is 9.53. The predicted molar refractivity (Wildman–Crippen MR) is 135 cm³/mol. The van der Waals surface area contributed by atoms with Gasteiger partial charge in [0.25, 0.3) is 0 Å². The van der Waals surface area contributed by atoms with Crippen molar-refractivity contribution in [3.05, 3.63) is 41.6 Å². The Morgan fingerprint density at radius 2 is 1.76 bits per heavy atom. The fraction of sp³-hybridized carbons (Fsp3) is 0.538. The molecule has 0 atom stereocenters. The minimum atomic E-state index is 0.0239. The highest BCUT2D eigenvalue weighted by Gasteiger charge is 2.27. The molecule has 0 bridgehead atoms. The summed E-state index contributed by atoms with van der Waals surface area (Å²) < 4.78 is 0. The number of anilines is 3. The van der Waals surface area contributed by atoms with E-state index in [1.807, 2.05) is 56.4 Å². The van der Waals surface area contributed by atoms with Crippen molar-refractivity contribution in [2.24, 2.45) is 11.8 Å². The van der Waals surface area contributed by atoms with Crippen LogP contribution in [0, 0.1) is 18.8 Å². The van der Waals surface area contributed by atoms with Crippen LogP contribution in [0.15, 0.2) is 30.5 Å². The molecule has 0 aliphatic heterocycles. The lowest BCUT2D eigenvalue weighted by Gasteiger charge is -2.28. The Bertz CT molecular complexity index is 1010. The zero-order valence-electron chi connectivity index (χ0n) is 20.4. The van der Waals surface area contributed by atoms with Crippen LogP contribution in [0.4, 0.5) is 17.5 Å². The number of carbonyl (C=O) groups excluding carboxylic acids is 2. The average Bonchev–Trinajstić information content (AvgIpc) is 2.78. The lowest BCUT2D eigenvalue weighted by Crippen LogP contribution is -2.36. The monoisotopic (exact) mass is 464 g/mol. The molecule has 2 fully saturated rings. The van der Waals surface area contributed by atoms with Gasteiger partial charge in [-0.05, 0) is 63.1 Å². The van der Waals surface area contributed by atoms with Gasteiger partial charge >= 0.3 is 0 Å². The van der Waals surface area contributed by atoms with Crippen molar-refractivity contribution in [2.45, 2.75) is 64.5 Å². The van der Waals surface area contributed by atoms with Gasteiger partial charge in [-0.1, -0.05) is 18.6 Å². The summed E-state index contributed by atoms with van der Waals surface area (Å²) in [5.41, 5.74) is 2.83. The Balaban J connectivity index is 1.22. The molecule has 2 aliphatic carbocycles. The van der Waals surface area contributed by atoms with Crippen molar-refractivity contribution in [3.63, 3.8) is 0 Å². The predicted octanol–water partition coefficient (Wildman–Crippen LogP) is 3.88. The summed E-state index contributed by atoms with van der Waals surface area (Å²) in [6, 6.07) is 8.02. The molecule has 0 unspecified atom stereocenters. The van der Waals surface area contributed by atoms with Gasteiger partial charge in [0.15, 0.2) is 0 Å². The molecule has 8 heteroatoms. The van der Waals surface area contributed by atoms with E-state index >= 15 is 0 Å².